The number of guanidine groups is 1. The van der Waals surface area contributed by atoms with Crippen molar-refractivity contribution in [3.8, 4) is 0 Å². The van der Waals surface area contributed by atoms with E-state index in [0.29, 0.717) is 0 Å². The second-order valence-electron chi connectivity index (χ2n) is 2.83. The Bertz CT molecular complexity index is 496. The van der Waals surface area contributed by atoms with Crippen molar-refractivity contribution in [1.82, 2.24) is 0 Å². The van der Waals surface area contributed by atoms with Gasteiger partial charge in [-0.1, -0.05) is 0 Å². The molecule has 1 rings (SSSR count). The largest absolute Gasteiger partial charge is 0.383 e. The Balaban J connectivity index is 3.61. The van der Waals surface area contributed by atoms with Crippen LogP contribution in [0.5, 0.6) is 0 Å². The van der Waals surface area contributed by atoms with Crippen LogP contribution in [0.25, 0.3) is 0 Å². The summed E-state index contributed by atoms with van der Waals surface area (Å²) in [7, 11) is 0. The lowest BCUT2D eigenvalue weighted by Gasteiger charge is -2.07. The number of hydrogen-bond acceptors (Lipinski definition) is 1. The second kappa shape index (κ2) is 4.36. The maximum atomic E-state index is 13.1. The van der Waals surface area contributed by atoms with E-state index < -0.39 is 46.4 Å². The van der Waals surface area contributed by atoms with Gasteiger partial charge in [-0.15, -0.1) is 0 Å². The van der Waals surface area contributed by atoms with Crippen molar-refractivity contribution in [1.29, 1.82) is 5.41 Å². The zero-order chi connectivity index (χ0) is 13.3. The summed E-state index contributed by atoms with van der Waals surface area (Å²) in [5.41, 5.74) is 8.31. The molecule has 0 fully saturated rings. The summed E-state index contributed by atoms with van der Waals surface area (Å²) in [5.74, 6) is -12.9. The monoisotopic (exact) mass is 252 g/mol. The fourth-order valence-corrected chi connectivity index (χ4v) is 1.02. The number of nitrogens with zero attached hydrogens (tertiary/aromatic N) is 1. The standard InChI is InChI=1S/C8H5F5N4/c9-2-1(7(14)17-8(15)16)3(10)5(12)6(13)4(2)11/h(H5,14,15,16,17). The van der Waals surface area contributed by atoms with Crippen LogP contribution in [0.1, 0.15) is 5.56 Å². The summed E-state index contributed by atoms with van der Waals surface area (Å²) in [4.78, 5) is 2.90. The first-order valence-corrected chi connectivity index (χ1v) is 3.97. The molecule has 0 radical (unpaired) electrons. The summed E-state index contributed by atoms with van der Waals surface area (Å²) in [5, 5.41) is 6.67. The molecule has 0 aliphatic rings. The van der Waals surface area contributed by atoms with Crippen LogP contribution < -0.4 is 11.5 Å². The molecular weight excluding hydrogens is 247 g/mol. The minimum Gasteiger partial charge on any atom is -0.383 e. The summed E-state index contributed by atoms with van der Waals surface area (Å²) in [6.45, 7) is 0. The first-order chi connectivity index (χ1) is 7.77. The highest BCUT2D eigenvalue weighted by Crippen LogP contribution is 2.22. The van der Waals surface area contributed by atoms with Gasteiger partial charge in [0.25, 0.3) is 0 Å². The molecule has 17 heavy (non-hydrogen) atoms. The normalized spacial score (nSPS) is 11.7. The number of aliphatic imine (C=N–C) groups is 1. The molecule has 0 unspecified atom stereocenters. The maximum absolute atomic E-state index is 13.1. The van der Waals surface area contributed by atoms with Crippen molar-refractivity contribution in [2.24, 2.45) is 16.5 Å². The van der Waals surface area contributed by atoms with Crippen molar-refractivity contribution in [2.45, 2.75) is 0 Å². The molecule has 0 bridgehead atoms. The topological polar surface area (TPSA) is 88.2 Å². The Kier molecular flexibility index (Phi) is 3.30. The molecule has 0 saturated heterocycles. The number of nitrogens with one attached hydrogen (secondary N) is 1. The van der Waals surface area contributed by atoms with Gasteiger partial charge in [-0.25, -0.2) is 22.0 Å². The third-order valence-electron chi connectivity index (χ3n) is 1.71. The van der Waals surface area contributed by atoms with Crippen LogP contribution in [0.2, 0.25) is 0 Å². The van der Waals surface area contributed by atoms with E-state index in [-0.39, 0.29) is 0 Å². The molecule has 0 aromatic heterocycles. The molecule has 0 spiro atoms. The van der Waals surface area contributed by atoms with Gasteiger partial charge in [0.05, 0.1) is 5.56 Å². The molecule has 0 saturated carbocycles. The van der Waals surface area contributed by atoms with Crippen LogP contribution in [0.4, 0.5) is 22.0 Å². The summed E-state index contributed by atoms with van der Waals surface area (Å²) in [6.07, 6.45) is 0. The summed E-state index contributed by atoms with van der Waals surface area (Å²) in [6, 6.07) is 0. The predicted octanol–water partition coefficient (Wildman–Crippen LogP) is 0.981. The van der Waals surface area contributed by atoms with Gasteiger partial charge in [-0.05, 0) is 0 Å². The minimum atomic E-state index is -2.31. The Morgan fingerprint density at radius 3 is 1.53 bits per heavy atom. The predicted molar refractivity (Wildman–Crippen MR) is 48.9 cm³/mol. The molecule has 0 aliphatic carbocycles. The molecule has 5 N–H and O–H groups in total. The first-order valence-electron chi connectivity index (χ1n) is 3.97. The van der Waals surface area contributed by atoms with Crippen molar-refractivity contribution in [2.75, 3.05) is 0 Å². The number of hydrogen-bond donors (Lipinski definition) is 3. The van der Waals surface area contributed by atoms with Gasteiger partial charge in [0.15, 0.2) is 23.3 Å². The number of amidine groups is 1. The van der Waals surface area contributed by atoms with Gasteiger partial charge in [0.1, 0.15) is 5.84 Å². The molecular formula is C8H5F5N4. The number of nitrogens with two attached hydrogens (primary N) is 2. The Hall–Kier alpha value is -2.19. The summed E-state index contributed by atoms with van der Waals surface area (Å²) >= 11 is 0. The average molecular weight is 252 g/mol. The van der Waals surface area contributed by atoms with Crippen LogP contribution in [0, 0.1) is 34.5 Å². The van der Waals surface area contributed by atoms with Crippen LogP contribution in [0.3, 0.4) is 0 Å². The Morgan fingerprint density at radius 2 is 1.18 bits per heavy atom. The van der Waals surface area contributed by atoms with Gasteiger partial charge in [-0.3, -0.25) is 5.41 Å². The third-order valence-corrected chi connectivity index (χ3v) is 1.71. The van der Waals surface area contributed by atoms with Crippen molar-refractivity contribution in [3.63, 3.8) is 0 Å². The highest BCUT2D eigenvalue weighted by molar-refractivity contribution is 6.04. The smallest absolute Gasteiger partial charge is 0.214 e. The fraction of sp³-hybridized carbons (Fsp3) is 0. The van der Waals surface area contributed by atoms with E-state index in [1.54, 1.807) is 0 Å². The Morgan fingerprint density at radius 1 is 0.824 bits per heavy atom. The van der Waals surface area contributed by atoms with E-state index in [0.717, 1.165) is 0 Å². The molecule has 92 valence electrons. The molecule has 0 amide bonds. The first kappa shape index (κ1) is 12.9. The highest BCUT2D eigenvalue weighted by Gasteiger charge is 2.27. The molecule has 0 atom stereocenters. The SMILES string of the molecule is N=C(N)N=C(N)c1c(F)c(F)c(F)c(F)c1F. The molecule has 0 aliphatic heterocycles. The van der Waals surface area contributed by atoms with Gasteiger partial charge >= 0.3 is 0 Å². The van der Waals surface area contributed by atoms with Gasteiger partial charge in [-0.2, -0.15) is 4.99 Å². The third kappa shape index (κ3) is 2.17. The van der Waals surface area contributed by atoms with Crippen LogP contribution in [-0.2, 0) is 0 Å². The van der Waals surface area contributed by atoms with Gasteiger partial charge in [0, 0.05) is 0 Å². The van der Waals surface area contributed by atoms with Crippen molar-refractivity contribution < 1.29 is 22.0 Å². The van der Waals surface area contributed by atoms with E-state index in [4.69, 9.17) is 16.9 Å². The van der Waals surface area contributed by atoms with Crippen LogP contribution in [0.15, 0.2) is 4.99 Å². The average Bonchev–Trinajstić information content (AvgIpc) is 2.23. The Labute approximate surface area is 91.2 Å². The fourth-order valence-electron chi connectivity index (χ4n) is 1.02. The highest BCUT2D eigenvalue weighted by atomic mass is 19.2. The number of rotatable bonds is 1. The lowest BCUT2D eigenvalue weighted by molar-refractivity contribution is 0.377. The lowest BCUT2D eigenvalue weighted by atomic mass is 10.1. The summed E-state index contributed by atoms with van der Waals surface area (Å²) < 4.78 is 64.4. The number of benzene rings is 1. The van der Waals surface area contributed by atoms with E-state index in [1.165, 1.54) is 0 Å². The van der Waals surface area contributed by atoms with Crippen LogP contribution >= 0.6 is 0 Å². The zero-order valence-corrected chi connectivity index (χ0v) is 7.99. The number of halogens is 5. The van der Waals surface area contributed by atoms with Crippen LogP contribution in [-0.4, -0.2) is 11.8 Å². The minimum absolute atomic E-state index is 0.938. The van der Waals surface area contributed by atoms with Crippen molar-refractivity contribution in [3.05, 3.63) is 34.6 Å². The molecule has 4 nitrogen and oxygen atoms in total. The van der Waals surface area contributed by atoms with E-state index in [2.05, 4.69) is 4.99 Å². The second-order valence-corrected chi connectivity index (χ2v) is 2.83. The lowest BCUT2D eigenvalue weighted by Crippen LogP contribution is -2.23. The quantitative estimate of drug-likeness (QED) is 0.229. The molecule has 0 heterocycles. The van der Waals surface area contributed by atoms with E-state index >= 15 is 0 Å². The molecule has 1 aromatic rings. The van der Waals surface area contributed by atoms with E-state index in [9.17, 15) is 22.0 Å². The molecule has 9 heteroatoms. The van der Waals surface area contributed by atoms with Gasteiger partial charge in [0.2, 0.25) is 11.8 Å². The maximum Gasteiger partial charge on any atom is 0.214 e. The van der Waals surface area contributed by atoms with Gasteiger partial charge < -0.3 is 11.5 Å². The molecule has 1 aromatic carbocycles. The zero-order valence-electron chi connectivity index (χ0n) is 7.99. The van der Waals surface area contributed by atoms with E-state index in [1.807, 2.05) is 0 Å². The van der Waals surface area contributed by atoms with Crippen molar-refractivity contribution >= 4 is 11.8 Å².